The standard InChI is InChI=1S/C23H18FN3O3S2/c24-15-7-5-14(6-8-15)16-11-18(20-4-2-10-31-20)26-22(17(16)12-25)32-13-21(28)27-9-1-3-19(27)23(29)30/h2,4-8,10-11,19H,1,3,9,13H2,(H,29,30)/p-1/t19-/m0/s1. The number of nitrogens with zero attached hydrogens (tertiary/aromatic N) is 3. The first-order valence-corrected chi connectivity index (χ1v) is 11.7. The molecule has 3 aromatic rings. The molecule has 9 heteroatoms. The third-order valence-corrected chi connectivity index (χ3v) is 7.06. The number of aromatic nitrogens is 1. The van der Waals surface area contributed by atoms with E-state index >= 15 is 0 Å². The lowest BCUT2D eigenvalue weighted by Crippen LogP contribution is -2.47. The number of nitriles is 1. The quantitative estimate of drug-likeness (QED) is 0.517. The van der Waals surface area contributed by atoms with E-state index < -0.39 is 12.0 Å². The average Bonchev–Trinajstić information content (AvgIpc) is 3.50. The van der Waals surface area contributed by atoms with Crippen molar-refractivity contribution >= 4 is 35.0 Å². The Kier molecular flexibility index (Phi) is 6.53. The van der Waals surface area contributed by atoms with Crippen LogP contribution in [0.5, 0.6) is 0 Å². The molecule has 0 bridgehead atoms. The van der Waals surface area contributed by atoms with Crippen molar-refractivity contribution in [1.82, 2.24) is 9.88 Å². The van der Waals surface area contributed by atoms with Crippen LogP contribution in [0.25, 0.3) is 21.7 Å². The highest BCUT2D eigenvalue weighted by Crippen LogP contribution is 2.35. The molecule has 32 heavy (non-hydrogen) atoms. The topological polar surface area (TPSA) is 97.1 Å². The van der Waals surface area contributed by atoms with Crippen molar-refractivity contribution in [2.45, 2.75) is 23.9 Å². The number of carboxylic acids is 1. The van der Waals surface area contributed by atoms with Crippen LogP contribution in [0.4, 0.5) is 4.39 Å². The molecular formula is C23H17FN3O3S2-. The fourth-order valence-corrected chi connectivity index (χ4v) is 5.24. The molecule has 162 valence electrons. The number of thioether (sulfide) groups is 1. The lowest BCUT2D eigenvalue weighted by Gasteiger charge is -2.25. The summed E-state index contributed by atoms with van der Waals surface area (Å²) < 4.78 is 13.4. The Labute approximate surface area is 192 Å². The molecule has 0 aliphatic carbocycles. The smallest absolute Gasteiger partial charge is 0.233 e. The van der Waals surface area contributed by atoms with Crippen molar-refractivity contribution in [2.75, 3.05) is 12.3 Å². The van der Waals surface area contributed by atoms with Crippen LogP contribution >= 0.6 is 23.1 Å². The summed E-state index contributed by atoms with van der Waals surface area (Å²) in [6.45, 7) is 0.368. The second kappa shape index (κ2) is 9.51. The zero-order chi connectivity index (χ0) is 22.7. The first kappa shape index (κ1) is 22.0. The van der Waals surface area contributed by atoms with E-state index in [2.05, 4.69) is 11.1 Å². The highest BCUT2D eigenvalue weighted by molar-refractivity contribution is 8.00. The monoisotopic (exact) mass is 466 g/mol. The zero-order valence-electron chi connectivity index (χ0n) is 16.8. The average molecular weight is 467 g/mol. The van der Waals surface area contributed by atoms with E-state index in [1.54, 1.807) is 18.2 Å². The van der Waals surface area contributed by atoms with Gasteiger partial charge in [0.2, 0.25) is 5.91 Å². The number of aliphatic carboxylic acids is 1. The first-order chi connectivity index (χ1) is 15.5. The number of carbonyl (C=O) groups excluding carboxylic acids is 2. The molecule has 1 aliphatic heterocycles. The van der Waals surface area contributed by atoms with Gasteiger partial charge in [0.15, 0.2) is 0 Å². The Hall–Kier alpha value is -3.22. The molecule has 6 nitrogen and oxygen atoms in total. The molecule has 1 fully saturated rings. The first-order valence-electron chi connectivity index (χ1n) is 9.86. The molecule has 1 aliphatic rings. The molecule has 4 rings (SSSR count). The number of pyridine rings is 1. The Balaban J connectivity index is 1.69. The number of likely N-dealkylation sites (tertiary alicyclic amines) is 1. The minimum Gasteiger partial charge on any atom is -0.548 e. The minimum atomic E-state index is -1.25. The van der Waals surface area contributed by atoms with Gasteiger partial charge in [-0.05, 0) is 48.1 Å². The van der Waals surface area contributed by atoms with Crippen LogP contribution in [0.2, 0.25) is 0 Å². The van der Waals surface area contributed by atoms with Crippen molar-refractivity contribution in [3.8, 4) is 27.8 Å². The summed E-state index contributed by atoms with van der Waals surface area (Å²) >= 11 is 2.59. The van der Waals surface area contributed by atoms with Crippen LogP contribution in [0, 0.1) is 17.1 Å². The molecule has 0 N–H and O–H groups in total. The van der Waals surface area contributed by atoms with E-state index in [-0.39, 0.29) is 23.0 Å². The summed E-state index contributed by atoms with van der Waals surface area (Å²) in [5, 5.41) is 23.5. The molecule has 1 saturated heterocycles. The summed E-state index contributed by atoms with van der Waals surface area (Å²) in [4.78, 5) is 30.8. The summed E-state index contributed by atoms with van der Waals surface area (Å²) in [7, 11) is 0. The second-order valence-corrected chi connectivity index (χ2v) is 9.10. The fourth-order valence-electron chi connectivity index (χ4n) is 3.67. The number of hydrogen-bond donors (Lipinski definition) is 0. The molecule has 1 amide bonds. The summed E-state index contributed by atoms with van der Waals surface area (Å²) in [6.07, 6.45) is 0.988. The lowest BCUT2D eigenvalue weighted by molar-refractivity contribution is -0.310. The van der Waals surface area contributed by atoms with Crippen LogP contribution in [-0.2, 0) is 9.59 Å². The van der Waals surface area contributed by atoms with Gasteiger partial charge in [0.05, 0.1) is 33.9 Å². The van der Waals surface area contributed by atoms with E-state index in [0.717, 1.165) is 16.6 Å². The number of halogens is 1. The maximum absolute atomic E-state index is 13.4. The molecule has 2 aromatic heterocycles. The number of carboxylic acid groups (broad SMARTS) is 1. The Morgan fingerprint density at radius 3 is 2.75 bits per heavy atom. The fraction of sp³-hybridized carbons (Fsp3) is 0.217. The molecule has 0 radical (unpaired) electrons. The number of hydrogen-bond acceptors (Lipinski definition) is 7. The maximum Gasteiger partial charge on any atom is 0.233 e. The van der Waals surface area contributed by atoms with E-state index in [1.807, 2.05) is 17.5 Å². The largest absolute Gasteiger partial charge is 0.548 e. The van der Waals surface area contributed by atoms with Crippen LogP contribution in [0.3, 0.4) is 0 Å². The minimum absolute atomic E-state index is 0.0534. The molecule has 0 saturated carbocycles. The maximum atomic E-state index is 13.4. The number of benzene rings is 1. The molecule has 0 spiro atoms. The molecule has 1 atom stereocenters. The summed E-state index contributed by atoms with van der Waals surface area (Å²) in [5.41, 5.74) is 2.18. The number of thiophene rings is 1. The van der Waals surface area contributed by atoms with E-state index in [9.17, 15) is 24.3 Å². The second-order valence-electron chi connectivity index (χ2n) is 7.18. The van der Waals surface area contributed by atoms with Gasteiger partial charge >= 0.3 is 0 Å². The Bertz CT molecular complexity index is 1190. The summed E-state index contributed by atoms with van der Waals surface area (Å²) in [5.74, 6) is -2.03. The highest BCUT2D eigenvalue weighted by atomic mass is 32.2. The summed E-state index contributed by atoms with van der Waals surface area (Å²) in [6, 6.07) is 12.7. The van der Waals surface area contributed by atoms with Crippen molar-refractivity contribution in [2.24, 2.45) is 0 Å². The van der Waals surface area contributed by atoms with Gasteiger partial charge in [0.1, 0.15) is 16.9 Å². The Morgan fingerprint density at radius 2 is 2.09 bits per heavy atom. The number of carbonyl (C=O) groups is 2. The van der Waals surface area contributed by atoms with Gasteiger partial charge in [-0.15, -0.1) is 11.3 Å². The predicted molar refractivity (Wildman–Crippen MR) is 118 cm³/mol. The van der Waals surface area contributed by atoms with Gasteiger partial charge in [0, 0.05) is 12.1 Å². The van der Waals surface area contributed by atoms with E-state index in [0.29, 0.717) is 41.2 Å². The Morgan fingerprint density at radius 1 is 1.31 bits per heavy atom. The molecule has 1 aromatic carbocycles. The van der Waals surface area contributed by atoms with Gasteiger partial charge in [-0.1, -0.05) is 30.0 Å². The SMILES string of the molecule is N#Cc1c(-c2ccc(F)cc2)cc(-c2cccs2)nc1SCC(=O)N1CCC[C@H]1C(=O)[O-]. The van der Waals surface area contributed by atoms with Crippen molar-refractivity contribution < 1.29 is 19.1 Å². The third-order valence-electron chi connectivity index (χ3n) is 5.20. The van der Waals surface area contributed by atoms with Gasteiger partial charge in [-0.25, -0.2) is 9.37 Å². The molecule has 3 heterocycles. The van der Waals surface area contributed by atoms with Gasteiger partial charge in [-0.2, -0.15) is 5.26 Å². The van der Waals surface area contributed by atoms with Gasteiger partial charge in [0.25, 0.3) is 0 Å². The normalized spacial score (nSPS) is 15.5. The number of rotatable bonds is 6. The van der Waals surface area contributed by atoms with Crippen LogP contribution in [-0.4, -0.2) is 40.1 Å². The lowest BCUT2D eigenvalue weighted by atomic mass is 10.0. The van der Waals surface area contributed by atoms with E-state index in [1.165, 1.54) is 28.4 Å². The predicted octanol–water partition coefficient (Wildman–Crippen LogP) is 3.32. The van der Waals surface area contributed by atoms with Crippen molar-refractivity contribution in [3.63, 3.8) is 0 Å². The van der Waals surface area contributed by atoms with Crippen LogP contribution in [0.1, 0.15) is 18.4 Å². The number of amides is 1. The highest BCUT2D eigenvalue weighted by Gasteiger charge is 2.29. The van der Waals surface area contributed by atoms with Crippen molar-refractivity contribution in [3.05, 3.63) is 59.2 Å². The third kappa shape index (κ3) is 4.52. The molecule has 0 unspecified atom stereocenters. The molecular weight excluding hydrogens is 449 g/mol. The van der Waals surface area contributed by atoms with E-state index in [4.69, 9.17) is 0 Å². The van der Waals surface area contributed by atoms with Gasteiger partial charge < -0.3 is 14.8 Å². The van der Waals surface area contributed by atoms with Crippen molar-refractivity contribution in [1.29, 1.82) is 5.26 Å². The zero-order valence-corrected chi connectivity index (χ0v) is 18.4. The van der Waals surface area contributed by atoms with Crippen LogP contribution < -0.4 is 5.11 Å². The van der Waals surface area contributed by atoms with Gasteiger partial charge in [-0.3, -0.25) is 4.79 Å². The van der Waals surface area contributed by atoms with Crippen LogP contribution in [0.15, 0.2) is 52.9 Å².